The Morgan fingerprint density at radius 3 is 2.12 bits per heavy atom. The molecule has 2 aliphatic heterocycles. The summed E-state index contributed by atoms with van der Waals surface area (Å²) in [7, 11) is -5.76. The van der Waals surface area contributed by atoms with Gasteiger partial charge in [0.2, 0.25) is 20.0 Å². The molecule has 0 radical (unpaired) electrons. The van der Waals surface area contributed by atoms with Crippen LogP contribution in [-0.4, -0.2) is 66.5 Å². The van der Waals surface area contributed by atoms with E-state index < -0.39 is 26.0 Å². The minimum Gasteiger partial charge on any atom is -0.322 e. The van der Waals surface area contributed by atoms with E-state index >= 15 is 0 Å². The molecule has 1 saturated carbocycles. The standard InChI is InChI=1S/C28H38N4O5S2.ClH/c1-31(38(2,34)35)27-11-6-20(16-21-18-29-19-21)17-26(27)28(33)30-24-7-9-25(10-8-24)39(36,37)32-14-12-23(13-15-32)22-4-3-5-22;/h6-11,17,21-23,29H,3-5,12-16,18-19H2,1-2H3,(H,30,33);1H. The molecule has 3 aliphatic rings. The van der Waals surface area contributed by atoms with Crippen molar-refractivity contribution >= 4 is 49.7 Å². The van der Waals surface area contributed by atoms with Gasteiger partial charge in [-0.2, -0.15) is 4.31 Å². The van der Waals surface area contributed by atoms with Crippen molar-refractivity contribution in [2.75, 3.05) is 49.1 Å². The molecule has 0 unspecified atom stereocenters. The summed E-state index contributed by atoms with van der Waals surface area (Å²) in [4.78, 5) is 13.6. The lowest BCUT2D eigenvalue weighted by Gasteiger charge is -2.39. The van der Waals surface area contributed by atoms with E-state index in [2.05, 4.69) is 10.6 Å². The van der Waals surface area contributed by atoms with Crippen LogP contribution in [-0.2, 0) is 26.5 Å². The lowest BCUT2D eigenvalue weighted by molar-refractivity contribution is 0.102. The summed E-state index contributed by atoms with van der Waals surface area (Å²) in [5.74, 6) is 1.44. The van der Waals surface area contributed by atoms with Gasteiger partial charge in [0.15, 0.2) is 0 Å². The first kappa shape index (κ1) is 30.8. The molecule has 220 valence electrons. The summed E-state index contributed by atoms with van der Waals surface area (Å²) in [6, 6.07) is 11.5. The van der Waals surface area contributed by atoms with Crippen LogP contribution in [0.5, 0.6) is 0 Å². The maximum absolute atomic E-state index is 13.4. The summed E-state index contributed by atoms with van der Waals surface area (Å²) in [6.45, 7) is 2.93. The normalized spacial score (nSPS) is 19.2. The Bertz CT molecular complexity index is 1420. The molecule has 2 saturated heterocycles. The fourth-order valence-corrected chi connectivity index (χ4v) is 7.71. The van der Waals surface area contributed by atoms with E-state index in [0.717, 1.165) is 54.4 Å². The second-order valence-corrected chi connectivity index (χ2v) is 15.2. The fourth-order valence-electron chi connectivity index (χ4n) is 5.73. The maximum Gasteiger partial charge on any atom is 0.257 e. The predicted molar refractivity (Wildman–Crippen MR) is 160 cm³/mol. The number of amides is 1. The number of piperidine rings is 1. The summed E-state index contributed by atoms with van der Waals surface area (Å²) in [5, 5.41) is 6.06. The Hall–Kier alpha value is -2.18. The minimum absolute atomic E-state index is 0. The van der Waals surface area contributed by atoms with Gasteiger partial charge in [0, 0.05) is 25.8 Å². The number of anilines is 2. The van der Waals surface area contributed by atoms with Crippen LogP contribution in [0, 0.1) is 17.8 Å². The van der Waals surface area contributed by atoms with Crippen LogP contribution in [0.15, 0.2) is 47.4 Å². The molecule has 1 amide bonds. The van der Waals surface area contributed by atoms with Crippen LogP contribution in [0.4, 0.5) is 11.4 Å². The Labute approximate surface area is 244 Å². The van der Waals surface area contributed by atoms with Crippen molar-refractivity contribution < 1.29 is 21.6 Å². The molecule has 3 fully saturated rings. The van der Waals surface area contributed by atoms with Gasteiger partial charge in [0.25, 0.3) is 5.91 Å². The van der Waals surface area contributed by atoms with Crippen LogP contribution in [0.1, 0.15) is 48.0 Å². The number of hydrogen-bond acceptors (Lipinski definition) is 6. The largest absolute Gasteiger partial charge is 0.322 e. The Balaban J connectivity index is 0.00000370. The highest BCUT2D eigenvalue weighted by molar-refractivity contribution is 7.92. The second-order valence-electron chi connectivity index (χ2n) is 11.2. The monoisotopic (exact) mass is 610 g/mol. The van der Waals surface area contributed by atoms with Crippen LogP contribution < -0.4 is 14.9 Å². The van der Waals surface area contributed by atoms with Crippen LogP contribution in [0.25, 0.3) is 0 Å². The number of carbonyl (C=O) groups excluding carboxylic acids is 1. The molecule has 40 heavy (non-hydrogen) atoms. The highest BCUT2D eigenvalue weighted by Crippen LogP contribution is 2.39. The van der Waals surface area contributed by atoms with Crippen LogP contribution in [0.2, 0.25) is 0 Å². The zero-order valence-electron chi connectivity index (χ0n) is 23.0. The number of sulfonamides is 2. The second kappa shape index (κ2) is 12.4. The Kier molecular flexibility index (Phi) is 9.51. The van der Waals surface area contributed by atoms with Crippen molar-refractivity contribution in [3.05, 3.63) is 53.6 Å². The average Bonchev–Trinajstić information content (AvgIpc) is 2.85. The van der Waals surface area contributed by atoms with Gasteiger partial charge in [0.05, 0.1) is 22.4 Å². The van der Waals surface area contributed by atoms with Gasteiger partial charge < -0.3 is 10.6 Å². The zero-order chi connectivity index (χ0) is 27.8. The highest BCUT2D eigenvalue weighted by Gasteiger charge is 2.34. The quantitative estimate of drug-likeness (QED) is 0.447. The van der Waals surface area contributed by atoms with E-state index in [1.54, 1.807) is 28.6 Å². The van der Waals surface area contributed by atoms with Crippen molar-refractivity contribution in [2.45, 2.75) is 43.4 Å². The molecule has 1 aliphatic carbocycles. The first-order chi connectivity index (χ1) is 18.5. The van der Waals surface area contributed by atoms with Crippen LogP contribution in [0.3, 0.4) is 0 Å². The smallest absolute Gasteiger partial charge is 0.257 e. The molecular formula is C28H39ClN4O5S2. The number of hydrogen-bond donors (Lipinski definition) is 2. The Morgan fingerprint density at radius 2 is 1.60 bits per heavy atom. The number of benzene rings is 2. The van der Waals surface area contributed by atoms with E-state index in [1.165, 1.54) is 38.4 Å². The Morgan fingerprint density at radius 1 is 0.975 bits per heavy atom. The molecule has 0 bridgehead atoms. The van der Waals surface area contributed by atoms with E-state index in [-0.39, 0.29) is 28.6 Å². The molecule has 2 aromatic carbocycles. The van der Waals surface area contributed by atoms with Gasteiger partial charge >= 0.3 is 0 Å². The molecule has 5 rings (SSSR count). The third kappa shape index (κ3) is 6.65. The van der Waals surface area contributed by atoms with Crippen LogP contribution >= 0.6 is 12.4 Å². The van der Waals surface area contributed by atoms with Gasteiger partial charge in [-0.15, -0.1) is 12.4 Å². The fraction of sp³-hybridized carbons (Fsp3) is 0.536. The molecule has 0 atom stereocenters. The lowest BCUT2D eigenvalue weighted by Crippen LogP contribution is -2.43. The summed E-state index contributed by atoms with van der Waals surface area (Å²) < 4.78 is 53.6. The molecule has 12 heteroatoms. The third-order valence-electron chi connectivity index (χ3n) is 8.60. The molecule has 0 spiro atoms. The highest BCUT2D eigenvalue weighted by atomic mass is 35.5. The number of nitrogens with zero attached hydrogens (tertiary/aromatic N) is 2. The zero-order valence-corrected chi connectivity index (χ0v) is 25.5. The van der Waals surface area contributed by atoms with Gasteiger partial charge in [-0.1, -0.05) is 25.3 Å². The topological polar surface area (TPSA) is 116 Å². The first-order valence-corrected chi connectivity index (χ1v) is 17.0. The van der Waals surface area contributed by atoms with Crippen molar-refractivity contribution in [2.24, 2.45) is 17.8 Å². The van der Waals surface area contributed by atoms with Crippen molar-refractivity contribution in [1.82, 2.24) is 9.62 Å². The van der Waals surface area contributed by atoms with E-state index in [1.807, 2.05) is 6.07 Å². The van der Waals surface area contributed by atoms with Crippen molar-refractivity contribution in [3.8, 4) is 0 Å². The maximum atomic E-state index is 13.4. The molecule has 0 aromatic heterocycles. The SMILES string of the molecule is CN(c1ccc(CC2CNC2)cc1C(=O)Nc1ccc(S(=O)(=O)N2CCC(C3CCC3)CC2)cc1)S(C)(=O)=O.Cl. The summed E-state index contributed by atoms with van der Waals surface area (Å²) >= 11 is 0. The van der Waals surface area contributed by atoms with Gasteiger partial charge in [-0.25, -0.2) is 16.8 Å². The van der Waals surface area contributed by atoms with E-state index in [9.17, 15) is 21.6 Å². The molecule has 2 N–H and O–H groups in total. The molecule has 2 heterocycles. The number of rotatable bonds is 9. The average molecular weight is 611 g/mol. The molecular weight excluding hydrogens is 572 g/mol. The molecule has 9 nitrogen and oxygen atoms in total. The summed E-state index contributed by atoms with van der Waals surface area (Å²) in [6.07, 6.45) is 7.57. The molecule has 2 aromatic rings. The first-order valence-electron chi connectivity index (χ1n) is 13.7. The van der Waals surface area contributed by atoms with Gasteiger partial charge in [0.1, 0.15) is 0 Å². The summed E-state index contributed by atoms with van der Waals surface area (Å²) in [5.41, 5.74) is 1.93. The number of nitrogens with one attached hydrogen (secondary N) is 2. The van der Waals surface area contributed by atoms with E-state index in [0.29, 0.717) is 30.6 Å². The third-order valence-corrected chi connectivity index (χ3v) is 11.7. The van der Waals surface area contributed by atoms with E-state index in [4.69, 9.17) is 0 Å². The van der Waals surface area contributed by atoms with Crippen molar-refractivity contribution in [1.29, 1.82) is 0 Å². The number of carbonyl (C=O) groups is 1. The predicted octanol–water partition coefficient (Wildman–Crippen LogP) is 3.72. The van der Waals surface area contributed by atoms with Gasteiger partial charge in [-0.3, -0.25) is 9.10 Å². The van der Waals surface area contributed by atoms with Crippen molar-refractivity contribution in [3.63, 3.8) is 0 Å². The van der Waals surface area contributed by atoms with Gasteiger partial charge in [-0.05, 0) is 92.1 Å². The lowest BCUT2D eigenvalue weighted by atomic mass is 9.72. The number of halogens is 1. The minimum atomic E-state index is -3.60.